The Labute approximate surface area is 85.4 Å². The van der Waals surface area contributed by atoms with E-state index in [1.54, 1.807) is 0 Å². The lowest BCUT2D eigenvalue weighted by Crippen LogP contribution is -1.75. The van der Waals surface area contributed by atoms with Crippen LogP contribution in [0.1, 0.15) is 0 Å². The van der Waals surface area contributed by atoms with Crippen molar-refractivity contribution in [3.63, 3.8) is 0 Å². The molecule has 15 heavy (non-hydrogen) atoms. The first-order valence-corrected chi connectivity index (χ1v) is 5.09. The number of rotatable bonds is 2. The summed E-state index contributed by atoms with van der Waals surface area (Å²) in [5, 5.41) is 11.1. The molecule has 12 heteroatoms. The van der Waals surface area contributed by atoms with Gasteiger partial charge in [0, 0.05) is 6.66 Å². The molecule has 0 aromatic rings. The second-order valence-corrected chi connectivity index (χ2v) is 3.29. The molecule has 0 saturated heterocycles. The predicted octanol–water partition coefficient (Wildman–Crippen LogP) is -0.367. The maximum absolute atomic E-state index is 9.33. The van der Waals surface area contributed by atoms with Gasteiger partial charge in [0.25, 0.3) is 0 Å². The van der Waals surface area contributed by atoms with Crippen molar-refractivity contribution in [3.8, 4) is 0 Å². The molecule has 0 heterocycles. The third-order valence-electron chi connectivity index (χ3n) is 0.249. The molecule has 0 aromatic carbocycles. The molecule has 0 saturated carbocycles. The quantitative estimate of drug-likeness (QED) is 0.0950. The van der Waals surface area contributed by atoms with Gasteiger partial charge in [0.1, 0.15) is 0 Å². The molecule has 0 rings (SSSR count). The van der Waals surface area contributed by atoms with Gasteiger partial charge in [0.15, 0.2) is 12.7 Å². The minimum Gasteiger partial charge on any atom is -0.325 e. The van der Waals surface area contributed by atoms with Crippen molar-refractivity contribution in [2.45, 2.75) is 0 Å². The molecule has 8 N–H and O–H groups in total. The fourth-order valence-electron chi connectivity index (χ4n) is 0.0667. The van der Waals surface area contributed by atoms with E-state index in [1.807, 2.05) is 0 Å². The van der Waals surface area contributed by atoms with Crippen LogP contribution in [0.15, 0.2) is 20.4 Å². The number of nitrogens with one attached hydrogen (secondary N) is 2. The summed E-state index contributed by atoms with van der Waals surface area (Å²) in [6, 6.07) is 0. The molecule has 0 bridgehead atoms. The van der Waals surface area contributed by atoms with Crippen molar-refractivity contribution in [2.24, 2.45) is 32.1 Å². The van der Waals surface area contributed by atoms with Crippen LogP contribution in [-0.4, -0.2) is 29.1 Å². The van der Waals surface area contributed by atoms with Crippen molar-refractivity contribution < 1.29 is 14.4 Å². The summed E-state index contributed by atoms with van der Waals surface area (Å²) in [7, 11) is -3.64. The van der Waals surface area contributed by atoms with E-state index in [4.69, 9.17) is 20.8 Å². The fraction of sp³-hybridized carbons (Fsp3) is 0.333. The average molecular weight is 240 g/mol. The predicted molar refractivity (Wildman–Crippen MR) is 53.6 cm³/mol. The SMILES string of the molecule is CP(=O)(O)O.N=NC=NN.N=NC=NN. The lowest BCUT2D eigenvalue weighted by atomic mass is 11.4. The molecule has 11 nitrogen and oxygen atoms in total. The monoisotopic (exact) mass is 240 g/mol. The highest BCUT2D eigenvalue weighted by atomic mass is 31.2. The van der Waals surface area contributed by atoms with Crippen LogP contribution in [0.5, 0.6) is 0 Å². The third-order valence-corrected chi connectivity index (χ3v) is 0.249. The summed E-state index contributed by atoms with van der Waals surface area (Å²) < 4.78 is 9.33. The number of hydrazone groups is 2. The van der Waals surface area contributed by atoms with Gasteiger partial charge in [0.05, 0.1) is 0 Å². The van der Waals surface area contributed by atoms with Gasteiger partial charge in [-0.25, -0.2) is 11.1 Å². The van der Waals surface area contributed by atoms with Crippen molar-refractivity contribution in [3.05, 3.63) is 0 Å². The van der Waals surface area contributed by atoms with Gasteiger partial charge in [-0.05, 0) is 0 Å². The van der Waals surface area contributed by atoms with Crippen LogP contribution in [0.2, 0.25) is 0 Å². The maximum Gasteiger partial charge on any atom is 0.322 e. The Balaban J connectivity index is -0.000000144. The van der Waals surface area contributed by atoms with Crippen molar-refractivity contribution in [1.82, 2.24) is 0 Å². The van der Waals surface area contributed by atoms with Crippen molar-refractivity contribution >= 4 is 20.3 Å². The summed E-state index contributed by atoms with van der Waals surface area (Å²) in [4.78, 5) is 15.3. The van der Waals surface area contributed by atoms with Crippen LogP contribution in [-0.2, 0) is 4.57 Å². The summed E-state index contributed by atoms with van der Waals surface area (Å²) in [6.07, 6.45) is 1.89. The molecule has 0 atom stereocenters. The van der Waals surface area contributed by atoms with E-state index in [2.05, 4.69) is 32.1 Å². The van der Waals surface area contributed by atoms with Gasteiger partial charge in [0.2, 0.25) is 0 Å². The van der Waals surface area contributed by atoms with Gasteiger partial charge in [-0.15, -0.1) is 10.2 Å². The van der Waals surface area contributed by atoms with E-state index in [1.165, 1.54) is 0 Å². The molecular weight excluding hydrogens is 227 g/mol. The Morgan fingerprint density at radius 1 is 1.13 bits per heavy atom. The molecule has 0 fully saturated rings. The van der Waals surface area contributed by atoms with Crippen LogP contribution in [0.4, 0.5) is 0 Å². The average Bonchev–Trinajstić information content (AvgIpc) is 2.05. The van der Waals surface area contributed by atoms with E-state index in [0.29, 0.717) is 0 Å². The molecular formula is C3H13N8O3P. The third kappa shape index (κ3) is 248. The second-order valence-electron chi connectivity index (χ2n) is 1.62. The van der Waals surface area contributed by atoms with E-state index in [0.717, 1.165) is 19.3 Å². The molecule has 0 amide bonds. The number of nitrogens with zero attached hydrogens (tertiary/aromatic N) is 4. The van der Waals surface area contributed by atoms with Gasteiger partial charge in [-0.2, -0.15) is 10.2 Å². The number of nitrogens with two attached hydrogens (primary N) is 2. The Morgan fingerprint density at radius 3 is 1.33 bits per heavy atom. The minimum atomic E-state index is -3.64. The maximum atomic E-state index is 9.33. The first-order valence-electron chi connectivity index (χ1n) is 3.03. The van der Waals surface area contributed by atoms with Crippen molar-refractivity contribution in [1.29, 1.82) is 11.1 Å². The topological polar surface area (TPSA) is 207 Å². The molecule has 0 spiro atoms. The second kappa shape index (κ2) is 14.8. The Kier molecular flexibility index (Phi) is 18.7. The summed E-state index contributed by atoms with van der Waals surface area (Å²) in [5.74, 6) is 8.99. The molecule has 0 aliphatic heterocycles. The fourth-order valence-corrected chi connectivity index (χ4v) is 0.0667. The number of hydrogen-bond donors (Lipinski definition) is 6. The summed E-state index contributed by atoms with van der Waals surface area (Å²) in [6.45, 7) is 0.854. The van der Waals surface area contributed by atoms with Gasteiger partial charge in [-0.1, -0.05) is 0 Å². The van der Waals surface area contributed by atoms with E-state index < -0.39 is 7.60 Å². The molecule has 0 unspecified atom stereocenters. The zero-order chi connectivity index (χ0) is 12.7. The zero-order valence-corrected chi connectivity index (χ0v) is 8.74. The lowest BCUT2D eigenvalue weighted by molar-refractivity contribution is 0.381. The smallest absolute Gasteiger partial charge is 0.322 e. The van der Waals surface area contributed by atoms with Crippen LogP contribution in [0.25, 0.3) is 0 Å². The van der Waals surface area contributed by atoms with E-state index in [-0.39, 0.29) is 0 Å². The van der Waals surface area contributed by atoms with Gasteiger partial charge in [-0.3, -0.25) is 4.57 Å². The minimum absolute atomic E-state index is 0.854. The zero-order valence-electron chi connectivity index (χ0n) is 7.85. The first kappa shape index (κ1) is 19.0. The molecule has 0 radical (unpaired) electrons. The molecule has 88 valence electrons. The van der Waals surface area contributed by atoms with Crippen LogP contribution < -0.4 is 11.7 Å². The standard InChI is InChI=1S/2CH4N4.CH5O3P/c2*2-4-1-5-3;1-5(2,3)4/h2*1-2H,3H2;1H3,(H2,2,3,4). The number of hydrogen-bond acceptors (Lipinski definition) is 7. The molecule has 0 aromatic heterocycles. The Hall–Kier alpha value is -1.71. The lowest BCUT2D eigenvalue weighted by Gasteiger charge is -1.84. The normalized spacial score (nSPS) is 9.80. The van der Waals surface area contributed by atoms with Crippen LogP contribution >= 0.6 is 7.60 Å². The van der Waals surface area contributed by atoms with E-state index >= 15 is 0 Å². The molecule has 0 aliphatic carbocycles. The first-order chi connectivity index (χ1) is 6.83. The highest BCUT2D eigenvalue weighted by Crippen LogP contribution is 2.26. The largest absolute Gasteiger partial charge is 0.325 e. The summed E-state index contributed by atoms with van der Waals surface area (Å²) >= 11 is 0. The Morgan fingerprint density at radius 2 is 1.33 bits per heavy atom. The van der Waals surface area contributed by atoms with Gasteiger partial charge >= 0.3 is 7.60 Å². The van der Waals surface area contributed by atoms with Crippen LogP contribution in [0.3, 0.4) is 0 Å². The van der Waals surface area contributed by atoms with Crippen LogP contribution in [0, 0.1) is 11.1 Å². The highest BCUT2D eigenvalue weighted by molar-refractivity contribution is 7.50. The van der Waals surface area contributed by atoms with E-state index in [9.17, 15) is 4.57 Å². The molecule has 0 aliphatic rings. The highest BCUT2D eigenvalue weighted by Gasteiger charge is 1.95. The Bertz CT molecular complexity index is 221. The van der Waals surface area contributed by atoms with Gasteiger partial charge < -0.3 is 21.5 Å². The van der Waals surface area contributed by atoms with Crippen molar-refractivity contribution in [2.75, 3.05) is 6.66 Å². The summed E-state index contributed by atoms with van der Waals surface area (Å²) in [5.41, 5.74) is 12.0.